The zero-order valence-electron chi connectivity index (χ0n) is 11.2. The average molecular weight is 299 g/mol. The van der Waals surface area contributed by atoms with E-state index in [1.54, 1.807) is 0 Å². The van der Waals surface area contributed by atoms with E-state index in [4.69, 9.17) is 0 Å². The normalized spacial score (nSPS) is 20.8. The molecule has 0 aromatic carbocycles. The Bertz CT molecular complexity index is 666. The highest BCUT2D eigenvalue weighted by Crippen LogP contribution is 2.11. The second-order valence-corrected chi connectivity index (χ2v) is 7.08. The van der Waals surface area contributed by atoms with Gasteiger partial charge >= 0.3 is 0 Å². The lowest BCUT2D eigenvalue weighted by molar-refractivity contribution is 0.0933. The SMILES string of the molecule is CCCn1nc(C(=O)N[C@H]2CCS(=O)(=O)C2)ccc1=O. The number of sulfone groups is 1. The minimum absolute atomic E-state index is 0.0344. The molecule has 0 aliphatic carbocycles. The van der Waals surface area contributed by atoms with Crippen LogP contribution in [0.3, 0.4) is 0 Å². The van der Waals surface area contributed by atoms with E-state index in [9.17, 15) is 18.0 Å². The maximum Gasteiger partial charge on any atom is 0.271 e. The molecule has 1 fully saturated rings. The van der Waals surface area contributed by atoms with Crippen LogP contribution in [0.5, 0.6) is 0 Å². The first-order valence-corrected chi connectivity index (χ1v) is 8.33. The Balaban J connectivity index is 2.10. The number of amides is 1. The van der Waals surface area contributed by atoms with Gasteiger partial charge < -0.3 is 5.32 Å². The van der Waals surface area contributed by atoms with Crippen molar-refractivity contribution in [3.8, 4) is 0 Å². The molecule has 20 heavy (non-hydrogen) atoms. The number of hydrogen-bond donors (Lipinski definition) is 1. The largest absolute Gasteiger partial charge is 0.347 e. The van der Waals surface area contributed by atoms with Gasteiger partial charge in [0, 0.05) is 18.7 Å². The zero-order valence-corrected chi connectivity index (χ0v) is 12.0. The number of hydrogen-bond acceptors (Lipinski definition) is 5. The van der Waals surface area contributed by atoms with E-state index in [2.05, 4.69) is 10.4 Å². The predicted molar refractivity (Wildman–Crippen MR) is 73.3 cm³/mol. The summed E-state index contributed by atoms with van der Waals surface area (Å²) in [5.74, 6) is -0.384. The number of nitrogens with zero attached hydrogens (tertiary/aromatic N) is 2. The van der Waals surface area contributed by atoms with Gasteiger partial charge in [0.2, 0.25) is 0 Å². The first-order chi connectivity index (χ1) is 9.41. The summed E-state index contributed by atoms with van der Waals surface area (Å²) in [6.07, 6.45) is 1.15. The van der Waals surface area contributed by atoms with Crippen molar-refractivity contribution >= 4 is 15.7 Å². The summed E-state index contributed by atoms with van der Waals surface area (Å²) in [6, 6.07) is 2.27. The van der Waals surface area contributed by atoms with Crippen LogP contribution in [0.4, 0.5) is 0 Å². The Kier molecular flexibility index (Phi) is 4.22. The maximum absolute atomic E-state index is 12.0. The van der Waals surface area contributed by atoms with Crippen molar-refractivity contribution in [2.75, 3.05) is 11.5 Å². The van der Waals surface area contributed by atoms with E-state index < -0.39 is 15.7 Å². The third-order valence-electron chi connectivity index (χ3n) is 3.10. The Morgan fingerprint density at radius 3 is 2.85 bits per heavy atom. The summed E-state index contributed by atoms with van der Waals surface area (Å²) in [4.78, 5) is 23.5. The van der Waals surface area contributed by atoms with Crippen molar-refractivity contribution in [1.82, 2.24) is 15.1 Å². The molecule has 110 valence electrons. The number of nitrogens with one attached hydrogen (secondary N) is 1. The number of rotatable bonds is 4. The Morgan fingerprint density at radius 2 is 2.25 bits per heavy atom. The molecule has 2 rings (SSSR count). The van der Waals surface area contributed by atoms with Crippen LogP contribution in [0.25, 0.3) is 0 Å². The molecule has 1 N–H and O–H groups in total. The standard InChI is InChI=1S/C12H17N3O4S/c1-2-6-15-11(16)4-3-10(14-15)12(17)13-9-5-7-20(18,19)8-9/h3-4,9H,2,5-8H2,1H3,(H,13,17)/t9-/m0/s1. The van der Waals surface area contributed by atoms with Gasteiger partial charge in [0.05, 0.1) is 11.5 Å². The quantitative estimate of drug-likeness (QED) is 0.813. The molecular formula is C12H17N3O4S. The minimum atomic E-state index is -3.04. The molecule has 0 saturated carbocycles. The molecule has 1 amide bonds. The maximum atomic E-state index is 12.0. The van der Waals surface area contributed by atoms with Crippen LogP contribution in [0.1, 0.15) is 30.3 Å². The topological polar surface area (TPSA) is 98.1 Å². The van der Waals surface area contributed by atoms with Gasteiger partial charge in [0.25, 0.3) is 11.5 Å². The van der Waals surface area contributed by atoms with Crippen molar-refractivity contribution in [3.05, 3.63) is 28.2 Å². The third kappa shape index (κ3) is 3.44. The average Bonchev–Trinajstić information content (AvgIpc) is 2.71. The Hall–Kier alpha value is -1.70. The molecular weight excluding hydrogens is 282 g/mol. The molecule has 1 saturated heterocycles. The van der Waals surface area contributed by atoms with Crippen LogP contribution in [0.15, 0.2) is 16.9 Å². The second kappa shape index (κ2) is 5.74. The second-order valence-electron chi connectivity index (χ2n) is 4.85. The molecule has 7 nitrogen and oxygen atoms in total. The van der Waals surface area contributed by atoms with E-state index in [-0.39, 0.29) is 28.8 Å². The monoisotopic (exact) mass is 299 g/mol. The van der Waals surface area contributed by atoms with Gasteiger partial charge in [-0.05, 0) is 18.9 Å². The van der Waals surface area contributed by atoms with Crippen molar-refractivity contribution in [2.45, 2.75) is 32.4 Å². The smallest absolute Gasteiger partial charge is 0.271 e. The van der Waals surface area contributed by atoms with Crippen molar-refractivity contribution in [3.63, 3.8) is 0 Å². The van der Waals surface area contributed by atoms with Gasteiger partial charge in [0.1, 0.15) is 5.69 Å². The lowest BCUT2D eigenvalue weighted by Crippen LogP contribution is -2.37. The van der Waals surface area contributed by atoms with E-state index >= 15 is 0 Å². The number of aryl methyl sites for hydroxylation is 1. The molecule has 1 aliphatic rings. The zero-order chi connectivity index (χ0) is 14.8. The molecule has 1 aromatic heterocycles. The summed E-state index contributed by atoms with van der Waals surface area (Å²) >= 11 is 0. The fraction of sp³-hybridized carbons (Fsp3) is 0.583. The Labute approximate surface area is 116 Å². The lowest BCUT2D eigenvalue weighted by Gasteiger charge is -2.11. The summed E-state index contributed by atoms with van der Waals surface area (Å²) in [7, 11) is -3.04. The molecule has 0 radical (unpaired) electrons. The number of aromatic nitrogens is 2. The van der Waals surface area contributed by atoms with Crippen LogP contribution in [0, 0.1) is 0 Å². The third-order valence-corrected chi connectivity index (χ3v) is 4.87. The molecule has 0 unspecified atom stereocenters. The summed E-state index contributed by atoms with van der Waals surface area (Å²) < 4.78 is 23.9. The van der Waals surface area contributed by atoms with Gasteiger partial charge in [-0.25, -0.2) is 13.1 Å². The van der Waals surface area contributed by atoms with Crippen LogP contribution < -0.4 is 10.9 Å². The molecule has 8 heteroatoms. The van der Waals surface area contributed by atoms with Crippen LogP contribution >= 0.6 is 0 Å². The van der Waals surface area contributed by atoms with Gasteiger partial charge in [0.15, 0.2) is 9.84 Å². The Morgan fingerprint density at radius 1 is 1.50 bits per heavy atom. The molecule has 1 aliphatic heterocycles. The van der Waals surface area contributed by atoms with Crippen molar-refractivity contribution in [2.24, 2.45) is 0 Å². The van der Waals surface area contributed by atoms with Gasteiger partial charge in [-0.15, -0.1) is 0 Å². The first kappa shape index (κ1) is 14.7. The highest BCUT2D eigenvalue weighted by atomic mass is 32.2. The molecule has 2 heterocycles. The van der Waals surface area contributed by atoms with E-state index in [0.717, 1.165) is 6.42 Å². The fourth-order valence-corrected chi connectivity index (χ4v) is 3.78. The minimum Gasteiger partial charge on any atom is -0.347 e. The highest BCUT2D eigenvalue weighted by Gasteiger charge is 2.29. The number of carbonyl (C=O) groups is 1. The fourth-order valence-electron chi connectivity index (χ4n) is 2.11. The highest BCUT2D eigenvalue weighted by molar-refractivity contribution is 7.91. The predicted octanol–water partition coefficient (Wildman–Crippen LogP) is -0.430. The van der Waals surface area contributed by atoms with E-state index in [1.165, 1.54) is 16.8 Å². The van der Waals surface area contributed by atoms with E-state index in [0.29, 0.717) is 13.0 Å². The molecule has 0 spiro atoms. The van der Waals surface area contributed by atoms with Crippen LogP contribution in [0.2, 0.25) is 0 Å². The van der Waals surface area contributed by atoms with Crippen LogP contribution in [-0.2, 0) is 16.4 Å². The molecule has 1 atom stereocenters. The van der Waals surface area contributed by atoms with Gasteiger partial charge in [-0.2, -0.15) is 5.10 Å². The summed E-state index contributed by atoms with van der Waals surface area (Å²) in [5, 5.41) is 6.63. The van der Waals surface area contributed by atoms with Crippen LogP contribution in [-0.4, -0.2) is 41.7 Å². The first-order valence-electron chi connectivity index (χ1n) is 6.51. The molecule has 0 bridgehead atoms. The van der Waals surface area contributed by atoms with E-state index in [1.807, 2.05) is 6.92 Å². The molecule has 1 aromatic rings. The summed E-state index contributed by atoms with van der Waals surface area (Å²) in [6.45, 7) is 2.35. The summed E-state index contributed by atoms with van der Waals surface area (Å²) in [5.41, 5.74) is -0.130. The van der Waals surface area contributed by atoms with Gasteiger partial charge in [-0.1, -0.05) is 6.92 Å². The van der Waals surface area contributed by atoms with Crippen molar-refractivity contribution in [1.29, 1.82) is 0 Å². The lowest BCUT2D eigenvalue weighted by atomic mass is 10.2. The number of carbonyl (C=O) groups excluding carboxylic acids is 1. The van der Waals surface area contributed by atoms with Gasteiger partial charge in [-0.3, -0.25) is 9.59 Å². The van der Waals surface area contributed by atoms with Crippen molar-refractivity contribution < 1.29 is 13.2 Å².